The number of hydrogen-bond acceptors (Lipinski definition) is 4. The zero-order valence-electron chi connectivity index (χ0n) is 15.1. The molecule has 6 nitrogen and oxygen atoms in total. The van der Waals surface area contributed by atoms with Crippen LogP contribution in [0.3, 0.4) is 0 Å². The third kappa shape index (κ3) is 4.85. The number of sulfonamides is 1. The van der Waals surface area contributed by atoms with E-state index in [0.29, 0.717) is 16.5 Å². The highest BCUT2D eigenvalue weighted by Crippen LogP contribution is 2.27. The van der Waals surface area contributed by atoms with Crippen LogP contribution in [0.15, 0.2) is 71.6 Å². The van der Waals surface area contributed by atoms with Gasteiger partial charge in [-0.1, -0.05) is 23.7 Å². The predicted molar refractivity (Wildman–Crippen MR) is 110 cm³/mol. The van der Waals surface area contributed by atoms with Crippen molar-refractivity contribution >= 4 is 38.9 Å². The molecule has 0 bridgehead atoms. The molecular formula is C20H16ClFN2O4S. The minimum Gasteiger partial charge on any atom is -0.495 e. The molecule has 3 rings (SSSR count). The Kier molecular flexibility index (Phi) is 6.05. The number of carbonyl (C=O) groups is 1. The van der Waals surface area contributed by atoms with Gasteiger partial charge in [-0.3, -0.25) is 9.52 Å². The fraction of sp³-hybridized carbons (Fsp3) is 0.0500. The molecule has 3 aromatic rings. The third-order valence-electron chi connectivity index (χ3n) is 3.95. The summed E-state index contributed by atoms with van der Waals surface area (Å²) in [5, 5.41) is 3.00. The van der Waals surface area contributed by atoms with Gasteiger partial charge in [-0.05, 0) is 54.6 Å². The minimum atomic E-state index is -4.00. The summed E-state index contributed by atoms with van der Waals surface area (Å²) in [5.41, 5.74) is 0.534. The highest BCUT2D eigenvalue weighted by molar-refractivity contribution is 7.92. The fourth-order valence-corrected chi connectivity index (χ4v) is 3.81. The molecule has 0 aliphatic heterocycles. The van der Waals surface area contributed by atoms with Gasteiger partial charge in [0.15, 0.2) is 0 Å². The summed E-state index contributed by atoms with van der Waals surface area (Å²) in [6.07, 6.45) is 0. The molecule has 9 heteroatoms. The lowest BCUT2D eigenvalue weighted by Crippen LogP contribution is -2.15. The summed E-state index contributed by atoms with van der Waals surface area (Å²) in [7, 11) is -2.52. The van der Waals surface area contributed by atoms with Crippen LogP contribution in [0, 0.1) is 5.82 Å². The molecule has 29 heavy (non-hydrogen) atoms. The van der Waals surface area contributed by atoms with Crippen molar-refractivity contribution < 1.29 is 22.3 Å². The Morgan fingerprint density at radius 3 is 2.34 bits per heavy atom. The molecule has 0 atom stereocenters. The van der Waals surface area contributed by atoms with Gasteiger partial charge in [-0.2, -0.15) is 0 Å². The number of methoxy groups -OCH3 is 1. The minimum absolute atomic E-state index is 0.107. The van der Waals surface area contributed by atoms with E-state index in [1.807, 2.05) is 0 Å². The van der Waals surface area contributed by atoms with Crippen LogP contribution in [0.25, 0.3) is 0 Å². The van der Waals surface area contributed by atoms with Gasteiger partial charge < -0.3 is 10.1 Å². The number of para-hydroxylation sites is 1. The summed E-state index contributed by atoms with van der Waals surface area (Å²) >= 11 is 6.03. The Bertz CT molecular complexity index is 1150. The van der Waals surface area contributed by atoms with Crippen LogP contribution < -0.4 is 14.8 Å². The van der Waals surface area contributed by atoms with Crippen molar-refractivity contribution in [2.45, 2.75) is 4.90 Å². The fourth-order valence-electron chi connectivity index (χ4n) is 2.48. The normalized spacial score (nSPS) is 11.0. The van der Waals surface area contributed by atoms with Crippen molar-refractivity contribution in [1.82, 2.24) is 0 Å². The van der Waals surface area contributed by atoms with Gasteiger partial charge in [-0.15, -0.1) is 0 Å². The van der Waals surface area contributed by atoms with Gasteiger partial charge in [0, 0.05) is 11.3 Å². The first-order valence-corrected chi connectivity index (χ1v) is 10.2. The number of ether oxygens (including phenoxy) is 1. The van der Waals surface area contributed by atoms with E-state index >= 15 is 0 Å². The van der Waals surface area contributed by atoms with Gasteiger partial charge in [-0.25, -0.2) is 12.8 Å². The summed E-state index contributed by atoms with van der Waals surface area (Å²) < 4.78 is 45.8. The average molecular weight is 435 g/mol. The first kappa shape index (κ1) is 20.6. The Labute approximate surface area is 172 Å². The van der Waals surface area contributed by atoms with E-state index in [9.17, 15) is 17.6 Å². The summed E-state index contributed by atoms with van der Waals surface area (Å²) in [6.45, 7) is 0. The van der Waals surface area contributed by atoms with Crippen LogP contribution in [0.4, 0.5) is 15.8 Å². The number of benzene rings is 3. The predicted octanol–water partition coefficient (Wildman–Crippen LogP) is 4.54. The maximum absolute atomic E-state index is 13.7. The number of amides is 1. The highest BCUT2D eigenvalue weighted by Gasteiger charge is 2.17. The molecule has 150 valence electrons. The van der Waals surface area contributed by atoms with Gasteiger partial charge in [0.25, 0.3) is 15.9 Å². The maximum Gasteiger partial charge on any atom is 0.261 e. The van der Waals surface area contributed by atoms with E-state index in [0.717, 1.165) is 6.07 Å². The molecule has 0 unspecified atom stereocenters. The van der Waals surface area contributed by atoms with E-state index in [1.54, 1.807) is 12.1 Å². The number of anilines is 2. The topological polar surface area (TPSA) is 84.5 Å². The van der Waals surface area contributed by atoms with Crippen LogP contribution in [0.5, 0.6) is 5.75 Å². The van der Waals surface area contributed by atoms with Crippen LogP contribution in [-0.4, -0.2) is 21.4 Å². The quantitative estimate of drug-likeness (QED) is 0.596. The Balaban J connectivity index is 1.74. The number of rotatable bonds is 6. The molecule has 0 spiro atoms. The van der Waals surface area contributed by atoms with Crippen molar-refractivity contribution in [3.63, 3.8) is 0 Å². The van der Waals surface area contributed by atoms with Crippen molar-refractivity contribution in [2.75, 3.05) is 17.1 Å². The molecule has 0 saturated heterocycles. The van der Waals surface area contributed by atoms with Gasteiger partial charge in [0.1, 0.15) is 11.6 Å². The van der Waals surface area contributed by atoms with Gasteiger partial charge in [0.2, 0.25) is 0 Å². The zero-order valence-corrected chi connectivity index (χ0v) is 16.7. The van der Waals surface area contributed by atoms with Crippen molar-refractivity contribution in [1.29, 1.82) is 0 Å². The number of carbonyl (C=O) groups excluding carboxylic acids is 1. The van der Waals surface area contributed by atoms with Gasteiger partial charge >= 0.3 is 0 Å². The molecule has 0 radical (unpaired) electrons. The molecule has 0 saturated carbocycles. The van der Waals surface area contributed by atoms with Gasteiger partial charge in [0.05, 0.1) is 22.7 Å². The van der Waals surface area contributed by atoms with E-state index in [4.69, 9.17) is 16.3 Å². The largest absolute Gasteiger partial charge is 0.495 e. The Morgan fingerprint density at radius 1 is 1.03 bits per heavy atom. The number of halogens is 2. The standard InChI is InChI=1S/C20H16ClFN2O4S/c1-28-19-11-8-14(12-16(19)21)23-20(25)13-6-9-15(10-7-13)29(26,27)24-18-5-3-2-4-17(18)22/h2-12,24H,1H3,(H,23,25). The smallest absolute Gasteiger partial charge is 0.261 e. The molecule has 0 aliphatic carbocycles. The van der Waals surface area contributed by atoms with E-state index < -0.39 is 21.7 Å². The molecule has 0 heterocycles. The molecule has 1 amide bonds. The lowest BCUT2D eigenvalue weighted by molar-refractivity contribution is 0.102. The Morgan fingerprint density at radius 2 is 1.72 bits per heavy atom. The first-order valence-electron chi connectivity index (χ1n) is 8.32. The molecular weight excluding hydrogens is 419 g/mol. The van der Waals surface area contributed by atoms with Crippen LogP contribution in [0.2, 0.25) is 5.02 Å². The van der Waals surface area contributed by atoms with E-state index in [-0.39, 0.29) is 16.1 Å². The Hall–Kier alpha value is -3.10. The molecule has 3 aromatic carbocycles. The van der Waals surface area contributed by atoms with Crippen molar-refractivity contribution in [3.8, 4) is 5.75 Å². The number of nitrogens with one attached hydrogen (secondary N) is 2. The SMILES string of the molecule is COc1ccc(NC(=O)c2ccc(S(=O)(=O)Nc3ccccc3F)cc2)cc1Cl. The summed E-state index contributed by atoms with van der Waals surface area (Å²) in [5.74, 6) is -0.663. The average Bonchev–Trinajstić information content (AvgIpc) is 2.70. The molecule has 2 N–H and O–H groups in total. The summed E-state index contributed by atoms with van der Waals surface area (Å²) in [4.78, 5) is 12.3. The lowest BCUT2D eigenvalue weighted by Gasteiger charge is -2.10. The number of hydrogen-bond donors (Lipinski definition) is 2. The first-order chi connectivity index (χ1) is 13.8. The van der Waals surface area contributed by atoms with Crippen LogP contribution >= 0.6 is 11.6 Å². The molecule has 0 aliphatic rings. The molecule has 0 fully saturated rings. The monoisotopic (exact) mass is 434 g/mol. The van der Waals surface area contributed by atoms with Crippen LogP contribution in [0.1, 0.15) is 10.4 Å². The highest BCUT2D eigenvalue weighted by atomic mass is 35.5. The van der Waals surface area contributed by atoms with Crippen molar-refractivity contribution in [2.24, 2.45) is 0 Å². The second kappa shape index (κ2) is 8.50. The van der Waals surface area contributed by atoms with Crippen molar-refractivity contribution in [3.05, 3.63) is 83.1 Å². The van der Waals surface area contributed by atoms with Crippen LogP contribution in [-0.2, 0) is 10.0 Å². The summed E-state index contributed by atoms with van der Waals surface area (Å²) in [6, 6.07) is 15.4. The lowest BCUT2D eigenvalue weighted by atomic mass is 10.2. The second-order valence-corrected chi connectivity index (χ2v) is 8.00. The van der Waals surface area contributed by atoms with E-state index in [2.05, 4.69) is 10.0 Å². The third-order valence-corrected chi connectivity index (χ3v) is 5.63. The second-order valence-electron chi connectivity index (χ2n) is 5.91. The zero-order chi connectivity index (χ0) is 21.0. The maximum atomic E-state index is 13.7. The molecule has 0 aromatic heterocycles. The van der Waals surface area contributed by atoms with E-state index in [1.165, 1.54) is 55.6 Å².